The first-order chi connectivity index (χ1) is 7.81. The first-order valence-corrected chi connectivity index (χ1v) is 7.76. The molecule has 0 saturated carbocycles. The molecule has 0 spiro atoms. The van der Waals surface area contributed by atoms with Gasteiger partial charge in [-0.05, 0) is 30.9 Å². The zero-order valence-electron chi connectivity index (χ0n) is 9.66. The van der Waals surface area contributed by atoms with E-state index in [4.69, 9.17) is 9.47 Å². The molecule has 0 atom stereocenters. The number of hydrogen-bond donors (Lipinski definition) is 0. The van der Waals surface area contributed by atoms with E-state index >= 15 is 0 Å². The van der Waals surface area contributed by atoms with Gasteiger partial charge < -0.3 is 9.47 Å². The molecule has 1 aromatic carbocycles. The molecule has 0 aliphatic heterocycles. The van der Waals surface area contributed by atoms with Crippen LogP contribution in [0.2, 0.25) is 0 Å². The van der Waals surface area contributed by atoms with E-state index in [2.05, 4.69) is 22.2 Å². The SMILES string of the molecule is CCOc1cc(CBr)ccc1OCCSC. The molecule has 0 amide bonds. The van der Waals surface area contributed by atoms with Crippen molar-refractivity contribution in [2.24, 2.45) is 0 Å². The number of halogens is 1. The Balaban J connectivity index is 2.72. The van der Waals surface area contributed by atoms with Crippen molar-refractivity contribution in [1.29, 1.82) is 0 Å². The lowest BCUT2D eigenvalue weighted by atomic mass is 10.2. The Morgan fingerprint density at radius 1 is 1.25 bits per heavy atom. The van der Waals surface area contributed by atoms with E-state index in [0.29, 0.717) is 6.61 Å². The number of benzene rings is 1. The third kappa shape index (κ3) is 4.26. The summed E-state index contributed by atoms with van der Waals surface area (Å²) in [4.78, 5) is 0. The zero-order valence-corrected chi connectivity index (χ0v) is 12.1. The van der Waals surface area contributed by atoms with E-state index in [1.165, 1.54) is 5.56 Å². The molecule has 0 radical (unpaired) electrons. The van der Waals surface area contributed by atoms with E-state index in [9.17, 15) is 0 Å². The van der Waals surface area contributed by atoms with E-state index < -0.39 is 0 Å². The summed E-state index contributed by atoms with van der Waals surface area (Å²) in [5, 5.41) is 0.832. The molecule has 0 heterocycles. The summed E-state index contributed by atoms with van der Waals surface area (Å²) in [6, 6.07) is 6.04. The maximum Gasteiger partial charge on any atom is 0.161 e. The van der Waals surface area contributed by atoms with Crippen LogP contribution < -0.4 is 9.47 Å². The molecular weight excluding hydrogens is 288 g/mol. The first-order valence-electron chi connectivity index (χ1n) is 5.25. The monoisotopic (exact) mass is 304 g/mol. The number of alkyl halides is 1. The van der Waals surface area contributed by atoms with Gasteiger partial charge in [-0.2, -0.15) is 11.8 Å². The molecule has 2 nitrogen and oxygen atoms in total. The van der Waals surface area contributed by atoms with Crippen molar-refractivity contribution in [2.75, 3.05) is 25.2 Å². The first kappa shape index (κ1) is 13.7. The highest BCUT2D eigenvalue weighted by atomic mass is 79.9. The topological polar surface area (TPSA) is 18.5 Å². The lowest BCUT2D eigenvalue weighted by Gasteiger charge is -2.12. The van der Waals surface area contributed by atoms with Crippen molar-refractivity contribution in [1.82, 2.24) is 0 Å². The van der Waals surface area contributed by atoms with Crippen molar-refractivity contribution < 1.29 is 9.47 Å². The molecule has 90 valence electrons. The molecule has 4 heteroatoms. The van der Waals surface area contributed by atoms with Gasteiger partial charge >= 0.3 is 0 Å². The van der Waals surface area contributed by atoms with Gasteiger partial charge in [-0.25, -0.2) is 0 Å². The fourth-order valence-corrected chi connectivity index (χ4v) is 1.86. The molecule has 0 unspecified atom stereocenters. The van der Waals surface area contributed by atoms with E-state index in [0.717, 1.165) is 29.2 Å². The van der Waals surface area contributed by atoms with Crippen LogP contribution in [0.4, 0.5) is 0 Å². The number of rotatable bonds is 7. The van der Waals surface area contributed by atoms with Crippen molar-refractivity contribution in [3.63, 3.8) is 0 Å². The van der Waals surface area contributed by atoms with Crippen LogP contribution in [0, 0.1) is 0 Å². The number of hydrogen-bond acceptors (Lipinski definition) is 3. The Bertz CT molecular complexity index is 318. The second-order valence-corrected chi connectivity index (χ2v) is 4.74. The quantitative estimate of drug-likeness (QED) is 0.565. The fourth-order valence-electron chi connectivity index (χ4n) is 1.26. The van der Waals surface area contributed by atoms with E-state index in [-0.39, 0.29) is 0 Å². The van der Waals surface area contributed by atoms with Crippen LogP contribution in [0.25, 0.3) is 0 Å². The van der Waals surface area contributed by atoms with E-state index in [1.807, 2.05) is 25.1 Å². The van der Waals surface area contributed by atoms with Crippen LogP contribution in [0.1, 0.15) is 12.5 Å². The third-order valence-corrected chi connectivity index (χ3v) is 3.23. The average molecular weight is 305 g/mol. The summed E-state index contributed by atoms with van der Waals surface area (Å²) >= 11 is 5.21. The number of thioether (sulfide) groups is 1. The molecule has 0 aromatic heterocycles. The van der Waals surface area contributed by atoms with Gasteiger partial charge in [0, 0.05) is 11.1 Å². The summed E-state index contributed by atoms with van der Waals surface area (Å²) in [6.45, 7) is 3.35. The van der Waals surface area contributed by atoms with Crippen molar-refractivity contribution in [2.45, 2.75) is 12.3 Å². The standard InChI is InChI=1S/C12H17BrO2S/c1-3-14-12-8-10(9-13)4-5-11(12)15-6-7-16-2/h4-5,8H,3,6-7,9H2,1-2H3. The number of ether oxygens (including phenoxy) is 2. The minimum atomic E-state index is 0.657. The maximum atomic E-state index is 5.67. The van der Waals surface area contributed by atoms with Crippen LogP contribution in [0.15, 0.2) is 18.2 Å². The molecule has 0 aliphatic rings. The van der Waals surface area contributed by atoms with Gasteiger partial charge in [0.1, 0.15) is 0 Å². The summed E-state index contributed by atoms with van der Waals surface area (Å²) in [6.07, 6.45) is 2.07. The molecule has 1 aromatic rings. The molecule has 0 fully saturated rings. The fraction of sp³-hybridized carbons (Fsp3) is 0.500. The van der Waals surface area contributed by atoms with Gasteiger partial charge in [0.15, 0.2) is 11.5 Å². The predicted octanol–water partition coefficient (Wildman–Crippen LogP) is 3.72. The molecule has 16 heavy (non-hydrogen) atoms. The summed E-state index contributed by atoms with van der Waals surface area (Å²) in [7, 11) is 0. The van der Waals surface area contributed by atoms with Crippen molar-refractivity contribution in [3.05, 3.63) is 23.8 Å². The van der Waals surface area contributed by atoms with Gasteiger partial charge in [-0.3, -0.25) is 0 Å². The van der Waals surface area contributed by atoms with Crippen LogP contribution in [0.5, 0.6) is 11.5 Å². The summed E-state index contributed by atoms with van der Waals surface area (Å²) in [5.41, 5.74) is 1.20. The van der Waals surface area contributed by atoms with Crippen LogP contribution in [-0.2, 0) is 5.33 Å². The van der Waals surface area contributed by atoms with E-state index in [1.54, 1.807) is 11.8 Å². The Morgan fingerprint density at radius 2 is 2.06 bits per heavy atom. The molecule has 0 aliphatic carbocycles. The maximum absolute atomic E-state index is 5.67. The third-order valence-electron chi connectivity index (χ3n) is 2.01. The minimum absolute atomic E-state index is 0.657. The second-order valence-electron chi connectivity index (χ2n) is 3.19. The molecule has 0 bridgehead atoms. The van der Waals surface area contributed by atoms with Gasteiger partial charge in [0.2, 0.25) is 0 Å². The largest absolute Gasteiger partial charge is 0.490 e. The van der Waals surface area contributed by atoms with Gasteiger partial charge in [0.25, 0.3) is 0 Å². The molecular formula is C12H17BrO2S. The normalized spacial score (nSPS) is 10.2. The molecule has 0 N–H and O–H groups in total. The van der Waals surface area contributed by atoms with Crippen LogP contribution in [0.3, 0.4) is 0 Å². The minimum Gasteiger partial charge on any atom is -0.490 e. The van der Waals surface area contributed by atoms with Gasteiger partial charge in [0.05, 0.1) is 13.2 Å². The predicted molar refractivity (Wildman–Crippen MR) is 74.1 cm³/mol. The molecule has 1 rings (SSSR count). The Morgan fingerprint density at radius 3 is 2.69 bits per heavy atom. The van der Waals surface area contributed by atoms with Crippen LogP contribution in [-0.4, -0.2) is 25.2 Å². The van der Waals surface area contributed by atoms with Crippen molar-refractivity contribution in [3.8, 4) is 11.5 Å². The Labute approximate surface area is 110 Å². The lowest BCUT2D eigenvalue weighted by molar-refractivity contribution is 0.289. The highest BCUT2D eigenvalue weighted by molar-refractivity contribution is 9.08. The smallest absolute Gasteiger partial charge is 0.161 e. The van der Waals surface area contributed by atoms with Crippen molar-refractivity contribution >= 4 is 27.7 Å². The highest BCUT2D eigenvalue weighted by Gasteiger charge is 2.05. The molecule has 0 saturated heterocycles. The van der Waals surface area contributed by atoms with Crippen LogP contribution >= 0.6 is 27.7 Å². The Kier molecular flexibility index (Phi) is 6.73. The lowest BCUT2D eigenvalue weighted by Crippen LogP contribution is -2.03. The second kappa shape index (κ2) is 7.85. The highest BCUT2D eigenvalue weighted by Crippen LogP contribution is 2.29. The Hall–Kier alpha value is -0.350. The van der Waals surface area contributed by atoms with Gasteiger partial charge in [-0.15, -0.1) is 0 Å². The summed E-state index contributed by atoms with van der Waals surface area (Å²) in [5.74, 6) is 2.66. The average Bonchev–Trinajstić information content (AvgIpc) is 2.31. The summed E-state index contributed by atoms with van der Waals surface area (Å²) < 4.78 is 11.2. The zero-order chi connectivity index (χ0) is 11.8. The van der Waals surface area contributed by atoms with Gasteiger partial charge in [-0.1, -0.05) is 22.0 Å².